The number of aromatic nitrogens is 2. The van der Waals surface area contributed by atoms with E-state index in [1.54, 1.807) is 0 Å². The zero-order valence-electron chi connectivity index (χ0n) is 13.3. The Morgan fingerprint density at radius 2 is 2.00 bits per heavy atom. The molecule has 1 aromatic heterocycles. The van der Waals surface area contributed by atoms with Gasteiger partial charge in [-0.25, -0.2) is 0 Å². The van der Waals surface area contributed by atoms with Crippen molar-refractivity contribution < 1.29 is 9.63 Å². The van der Waals surface area contributed by atoms with Crippen LogP contribution >= 0.6 is 11.6 Å². The lowest BCUT2D eigenvalue weighted by molar-refractivity contribution is 0.0929. The van der Waals surface area contributed by atoms with E-state index in [1.165, 1.54) is 0 Å². The van der Waals surface area contributed by atoms with Crippen molar-refractivity contribution in [2.45, 2.75) is 32.2 Å². The van der Waals surface area contributed by atoms with Crippen LogP contribution in [0.4, 0.5) is 0 Å². The molecule has 2 aromatic rings. The first kappa shape index (κ1) is 16.4. The lowest BCUT2D eigenvalue weighted by atomic mass is 9.97. The number of rotatable bonds is 5. The first-order valence-corrected chi connectivity index (χ1v) is 8.45. The van der Waals surface area contributed by atoms with Crippen molar-refractivity contribution in [3.8, 4) is 0 Å². The molecule has 5 nitrogen and oxygen atoms in total. The van der Waals surface area contributed by atoms with Gasteiger partial charge in [0.2, 0.25) is 5.89 Å². The predicted molar refractivity (Wildman–Crippen MR) is 88.4 cm³/mol. The molecular weight excluding hydrogens is 314 g/mol. The SMILES string of the molecule is CC(c1nc(Cc2ccc(Cl)cc2)no1)N1CCC(CO)CC1. The standard InChI is InChI=1S/C17H22ClN3O2/c1-12(21-8-6-14(11-22)7-9-21)17-19-16(20-23-17)10-13-2-4-15(18)5-3-13/h2-5,12,14,22H,6-11H2,1H3. The molecule has 3 rings (SSSR count). The number of nitrogens with zero attached hydrogens (tertiary/aromatic N) is 3. The summed E-state index contributed by atoms with van der Waals surface area (Å²) in [5.74, 6) is 1.79. The minimum Gasteiger partial charge on any atom is -0.396 e. The third-order valence-electron chi connectivity index (χ3n) is 4.57. The fourth-order valence-electron chi connectivity index (χ4n) is 2.97. The van der Waals surface area contributed by atoms with Crippen LogP contribution in [0.1, 0.15) is 43.1 Å². The third kappa shape index (κ3) is 4.10. The van der Waals surface area contributed by atoms with E-state index in [-0.39, 0.29) is 12.6 Å². The lowest BCUT2D eigenvalue weighted by Crippen LogP contribution is -2.36. The molecule has 1 aliphatic heterocycles. The Labute approximate surface area is 141 Å². The zero-order chi connectivity index (χ0) is 16.2. The van der Waals surface area contributed by atoms with Crippen LogP contribution in [-0.4, -0.2) is 39.8 Å². The maximum Gasteiger partial charge on any atom is 0.243 e. The van der Waals surface area contributed by atoms with Crippen LogP contribution in [0.2, 0.25) is 5.02 Å². The average Bonchev–Trinajstić information content (AvgIpc) is 3.05. The minimum atomic E-state index is 0.112. The quantitative estimate of drug-likeness (QED) is 0.909. The second kappa shape index (κ2) is 7.43. The second-order valence-corrected chi connectivity index (χ2v) is 6.63. The fraction of sp³-hybridized carbons (Fsp3) is 0.529. The molecule has 1 atom stereocenters. The first-order valence-electron chi connectivity index (χ1n) is 8.07. The van der Waals surface area contributed by atoms with Crippen LogP contribution in [0.3, 0.4) is 0 Å². The Hall–Kier alpha value is -1.43. The van der Waals surface area contributed by atoms with E-state index >= 15 is 0 Å². The van der Waals surface area contributed by atoms with Gasteiger partial charge in [-0.2, -0.15) is 4.98 Å². The molecular formula is C17H22ClN3O2. The van der Waals surface area contributed by atoms with Gasteiger partial charge < -0.3 is 9.63 Å². The summed E-state index contributed by atoms with van der Waals surface area (Å²) in [6, 6.07) is 7.79. The molecule has 1 aromatic carbocycles. The Morgan fingerprint density at radius 3 is 2.65 bits per heavy atom. The molecule has 0 amide bonds. The normalized spacial score (nSPS) is 18.2. The summed E-state index contributed by atoms with van der Waals surface area (Å²) < 4.78 is 5.45. The predicted octanol–water partition coefficient (Wildman–Crippen LogP) is 3.08. The number of piperidine rings is 1. The first-order chi connectivity index (χ1) is 11.2. The van der Waals surface area contributed by atoms with Crippen molar-refractivity contribution >= 4 is 11.6 Å². The van der Waals surface area contributed by atoms with E-state index in [0.29, 0.717) is 24.1 Å². The summed E-state index contributed by atoms with van der Waals surface area (Å²) in [5.41, 5.74) is 1.11. The van der Waals surface area contributed by atoms with Gasteiger partial charge in [-0.15, -0.1) is 0 Å². The topological polar surface area (TPSA) is 62.4 Å². The fourth-order valence-corrected chi connectivity index (χ4v) is 3.10. The molecule has 124 valence electrons. The van der Waals surface area contributed by atoms with Gasteiger partial charge in [-0.3, -0.25) is 4.90 Å². The molecule has 1 N–H and O–H groups in total. The number of benzene rings is 1. The molecule has 0 radical (unpaired) electrons. The maximum absolute atomic E-state index is 9.23. The smallest absolute Gasteiger partial charge is 0.243 e. The monoisotopic (exact) mass is 335 g/mol. The van der Waals surface area contributed by atoms with E-state index in [1.807, 2.05) is 24.3 Å². The van der Waals surface area contributed by atoms with Gasteiger partial charge in [0.05, 0.1) is 6.04 Å². The van der Waals surface area contributed by atoms with Crippen LogP contribution in [0.5, 0.6) is 0 Å². The van der Waals surface area contributed by atoms with Crippen molar-refractivity contribution in [2.75, 3.05) is 19.7 Å². The summed E-state index contributed by atoms with van der Waals surface area (Å²) in [4.78, 5) is 6.88. The molecule has 1 saturated heterocycles. The highest BCUT2D eigenvalue weighted by Gasteiger charge is 2.26. The van der Waals surface area contributed by atoms with E-state index in [2.05, 4.69) is 22.0 Å². The molecule has 23 heavy (non-hydrogen) atoms. The number of hydrogen-bond donors (Lipinski definition) is 1. The number of aliphatic hydroxyl groups excluding tert-OH is 1. The molecule has 1 unspecified atom stereocenters. The molecule has 1 aliphatic rings. The van der Waals surface area contributed by atoms with E-state index in [0.717, 1.165) is 36.5 Å². The number of hydrogen-bond acceptors (Lipinski definition) is 5. The van der Waals surface area contributed by atoms with Crippen molar-refractivity contribution in [1.29, 1.82) is 0 Å². The van der Waals surface area contributed by atoms with Crippen LogP contribution in [-0.2, 0) is 6.42 Å². The van der Waals surface area contributed by atoms with E-state index < -0.39 is 0 Å². The van der Waals surface area contributed by atoms with Crippen molar-refractivity contribution in [3.63, 3.8) is 0 Å². The van der Waals surface area contributed by atoms with Gasteiger partial charge in [-0.05, 0) is 56.5 Å². The highest BCUT2D eigenvalue weighted by Crippen LogP contribution is 2.25. The van der Waals surface area contributed by atoms with Gasteiger partial charge in [0.25, 0.3) is 0 Å². The second-order valence-electron chi connectivity index (χ2n) is 6.19. The zero-order valence-corrected chi connectivity index (χ0v) is 14.0. The molecule has 0 bridgehead atoms. The Kier molecular flexibility index (Phi) is 5.30. The summed E-state index contributed by atoms with van der Waals surface area (Å²) in [7, 11) is 0. The largest absolute Gasteiger partial charge is 0.396 e. The summed E-state index contributed by atoms with van der Waals surface area (Å²) in [6.45, 7) is 4.30. The average molecular weight is 336 g/mol. The van der Waals surface area contributed by atoms with Gasteiger partial charge in [0.15, 0.2) is 5.82 Å². The molecule has 0 spiro atoms. The molecule has 0 saturated carbocycles. The summed E-state index contributed by atoms with van der Waals surface area (Å²) in [6.07, 6.45) is 2.68. The van der Waals surface area contributed by atoms with E-state index in [4.69, 9.17) is 16.1 Å². The lowest BCUT2D eigenvalue weighted by Gasteiger charge is -2.33. The van der Waals surface area contributed by atoms with Crippen molar-refractivity contribution in [2.24, 2.45) is 5.92 Å². The van der Waals surface area contributed by atoms with E-state index in [9.17, 15) is 5.11 Å². The molecule has 6 heteroatoms. The number of aliphatic hydroxyl groups is 1. The van der Waals surface area contributed by atoms with Gasteiger partial charge in [0.1, 0.15) is 0 Å². The van der Waals surface area contributed by atoms with Gasteiger partial charge in [0, 0.05) is 18.1 Å². The highest BCUT2D eigenvalue weighted by molar-refractivity contribution is 6.30. The summed E-state index contributed by atoms with van der Waals surface area (Å²) >= 11 is 5.90. The Morgan fingerprint density at radius 1 is 1.30 bits per heavy atom. The van der Waals surface area contributed by atoms with Crippen molar-refractivity contribution in [1.82, 2.24) is 15.0 Å². The van der Waals surface area contributed by atoms with Gasteiger partial charge >= 0.3 is 0 Å². The van der Waals surface area contributed by atoms with Crippen LogP contribution in [0.15, 0.2) is 28.8 Å². The maximum atomic E-state index is 9.23. The summed E-state index contributed by atoms with van der Waals surface area (Å²) in [5, 5.41) is 14.0. The Balaban J connectivity index is 1.61. The van der Waals surface area contributed by atoms with Crippen molar-refractivity contribution in [3.05, 3.63) is 46.6 Å². The molecule has 0 aliphatic carbocycles. The van der Waals surface area contributed by atoms with Crippen LogP contribution in [0.25, 0.3) is 0 Å². The number of halogens is 1. The van der Waals surface area contributed by atoms with Crippen LogP contribution in [0, 0.1) is 5.92 Å². The molecule has 2 heterocycles. The number of likely N-dealkylation sites (tertiary alicyclic amines) is 1. The van der Waals surface area contributed by atoms with Gasteiger partial charge in [-0.1, -0.05) is 28.9 Å². The molecule has 1 fully saturated rings. The minimum absolute atomic E-state index is 0.112. The Bertz CT molecular complexity index is 621. The van der Waals surface area contributed by atoms with Crippen LogP contribution < -0.4 is 0 Å². The third-order valence-corrected chi connectivity index (χ3v) is 4.82. The highest BCUT2D eigenvalue weighted by atomic mass is 35.5.